The van der Waals surface area contributed by atoms with Crippen LogP contribution in [-0.4, -0.2) is 0 Å². The van der Waals surface area contributed by atoms with Gasteiger partial charge < -0.3 is 0 Å². The third-order valence-corrected chi connectivity index (χ3v) is 9.60. The maximum absolute atomic E-state index is 2.41. The van der Waals surface area contributed by atoms with Gasteiger partial charge in [0.1, 0.15) is 0 Å². The quantitative estimate of drug-likeness (QED) is 0.199. The van der Waals surface area contributed by atoms with Gasteiger partial charge in [-0.3, -0.25) is 0 Å². The Kier molecular flexibility index (Phi) is 4.49. The van der Waals surface area contributed by atoms with Crippen molar-refractivity contribution in [3.05, 3.63) is 145 Å². The monoisotopic (exact) mass is 520 g/mol. The van der Waals surface area contributed by atoms with E-state index in [1.807, 2.05) is 0 Å². The number of hydrogen-bond donors (Lipinski definition) is 0. The fraction of sp³-hybridized carbons (Fsp3) is 0.0732. The molecular formula is C41H28. The number of rotatable bonds is 2. The summed E-state index contributed by atoms with van der Waals surface area (Å²) in [6.07, 6.45) is 0. The summed E-state index contributed by atoms with van der Waals surface area (Å²) >= 11 is 0. The molecule has 0 aromatic heterocycles. The third kappa shape index (κ3) is 3.16. The van der Waals surface area contributed by atoms with Crippen molar-refractivity contribution in [3.63, 3.8) is 0 Å². The summed E-state index contributed by atoms with van der Waals surface area (Å²) in [6, 6.07) is 50.0. The molecule has 41 heavy (non-hydrogen) atoms. The molecule has 0 saturated heterocycles. The molecule has 0 bridgehead atoms. The highest BCUT2D eigenvalue weighted by atomic mass is 14.4. The van der Waals surface area contributed by atoms with Gasteiger partial charge in [-0.25, -0.2) is 0 Å². The van der Waals surface area contributed by atoms with E-state index in [-0.39, 0.29) is 5.41 Å². The van der Waals surface area contributed by atoms with Crippen LogP contribution in [0.3, 0.4) is 0 Å². The minimum atomic E-state index is 0.00830. The van der Waals surface area contributed by atoms with E-state index in [2.05, 4.69) is 147 Å². The van der Waals surface area contributed by atoms with Gasteiger partial charge in [-0.05, 0) is 106 Å². The second-order valence-corrected chi connectivity index (χ2v) is 12.2. The minimum absolute atomic E-state index is 0.00830. The lowest BCUT2D eigenvalue weighted by Gasteiger charge is -2.22. The first-order valence-electron chi connectivity index (χ1n) is 14.5. The summed E-state index contributed by atoms with van der Waals surface area (Å²) in [5, 5.41) is 10.5. The third-order valence-electron chi connectivity index (χ3n) is 9.60. The Hall–Kier alpha value is -4.94. The van der Waals surface area contributed by atoms with E-state index >= 15 is 0 Å². The molecule has 0 nitrogen and oxygen atoms in total. The molecule has 1 aliphatic rings. The SMILES string of the molecule is CC1(C)c2ccccc2-c2ccc(-c3ccc4cc(-c5ccc6ccc7cccc8ccc5c6c78)ccc4c3)cc21. The van der Waals surface area contributed by atoms with Gasteiger partial charge in [0.25, 0.3) is 0 Å². The van der Waals surface area contributed by atoms with Crippen molar-refractivity contribution >= 4 is 43.1 Å². The van der Waals surface area contributed by atoms with Gasteiger partial charge in [-0.1, -0.05) is 129 Å². The first-order valence-corrected chi connectivity index (χ1v) is 14.5. The molecule has 0 atom stereocenters. The number of benzene rings is 8. The average Bonchev–Trinajstić information content (AvgIpc) is 3.25. The van der Waals surface area contributed by atoms with Crippen LogP contribution in [0.5, 0.6) is 0 Å². The molecule has 8 aromatic carbocycles. The van der Waals surface area contributed by atoms with Crippen LogP contribution in [0.4, 0.5) is 0 Å². The molecule has 0 aliphatic heterocycles. The zero-order chi connectivity index (χ0) is 27.3. The lowest BCUT2D eigenvalue weighted by atomic mass is 9.81. The summed E-state index contributed by atoms with van der Waals surface area (Å²) in [5.74, 6) is 0. The Labute approximate surface area is 239 Å². The van der Waals surface area contributed by atoms with Crippen molar-refractivity contribution in [2.24, 2.45) is 0 Å². The van der Waals surface area contributed by atoms with E-state index in [1.165, 1.54) is 87.6 Å². The Morgan fingerprint density at radius 1 is 0.366 bits per heavy atom. The zero-order valence-corrected chi connectivity index (χ0v) is 23.2. The molecule has 0 amide bonds. The van der Waals surface area contributed by atoms with Gasteiger partial charge in [0.05, 0.1) is 0 Å². The molecule has 0 saturated carbocycles. The molecule has 192 valence electrons. The summed E-state index contributed by atoms with van der Waals surface area (Å²) in [4.78, 5) is 0. The summed E-state index contributed by atoms with van der Waals surface area (Å²) in [7, 11) is 0. The lowest BCUT2D eigenvalue weighted by molar-refractivity contribution is 0.660. The molecule has 9 rings (SSSR count). The van der Waals surface area contributed by atoms with Crippen LogP contribution in [0.2, 0.25) is 0 Å². The van der Waals surface area contributed by atoms with Crippen molar-refractivity contribution in [2.75, 3.05) is 0 Å². The molecule has 0 fully saturated rings. The lowest BCUT2D eigenvalue weighted by Crippen LogP contribution is -2.14. The Morgan fingerprint density at radius 2 is 0.927 bits per heavy atom. The Bertz CT molecular complexity index is 2320. The summed E-state index contributed by atoms with van der Waals surface area (Å²) in [5.41, 5.74) is 10.7. The molecule has 0 N–H and O–H groups in total. The molecule has 0 heterocycles. The molecule has 0 spiro atoms. The van der Waals surface area contributed by atoms with Gasteiger partial charge in [0.15, 0.2) is 0 Å². The highest BCUT2D eigenvalue weighted by Crippen LogP contribution is 2.49. The fourth-order valence-corrected chi connectivity index (χ4v) is 7.46. The van der Waals surface area contributed by atoms with Crippen LogP contribution in [-0.2, 0) is 5.41 Å². The standard InChI is InChI=1S/C41H28/c1-41(2)37-9-4-3-8-34(37)35-20-18-31(24-38(35)41)29-12-13-30-23-32(15-14-28(30)22-29)33-19-16-27-11-10-25-6-5-7-26-17-21-36(33)40(27)39(25)26/h3-24H,1-2H3. The van der Waals surface area contributed by atoms with Crippen molar-refractivity contribution < 1.29 is 0 Å². The molecule has 1 aliphatic carbocycles. The maximum Gasteiger partial charge on any atom is 0.0159 e. The fourth-order valence-electron chi connectivity index (χ4n) is 7.46. The molecule has 0 unspecified atom stereocenters. The van der Waals surface area contributed by atoms with Gasteiger partial charge in [0.2, 0.25) is 0 Å². The molecule has 0 heteroatoms. The Balaban J connectivity index is 1.15. The normalized spacial score (nSPS) is 13.8. The van der Waals surface area contributed by atoms with E-state index in [4.69, 9.17) is 0 Å². The van der Waals surface area contributed by atoms with Crippen LogP contribution in [0.1, 0.15) is 25.0 Å². The summed E-state index contributed by atoms with van der Waals surface area (Å²) < 4.78 is 0. The zero-order valence-electron chi connectivity index (χ0n) is 23.2. The van der Waals surface area contributed by atoms with E-state index in [0.29, 0.717) is 0 Å². The van der Waals surface area contributed by atoms with Gasteiger partial charge in [0, 0.05) is 5.41 Å². The second kappa shape index (κ2) is 8.05. The number of hydrogen-bond acceptors (Lipinski definition) is 0. The van der Waals surface area contributed by atoms with E-state index in [9.17, 15) is 0 Å². The van der Waals surface area contributed by atoms with Crippen LogP contribution >= 0.6 is 0 Å². The van der Waals surface area contributed by atoms with Crippen molar-refractivity contribution in [1.29, 1.82) is 0 Å². The molecule has 8 aromatic rings. The predicted octanol–water partition coefficient (Wildman–Crippen LogP) is 11.4. The molecule has 0 radical (unpaired) electrons. The van der Waals surface area contributed by atoms with Crippen molar-refractivity contribution in [1.82, 2.24) is 0 Å². The van der Waals surface area contributed by atoms with E-state index < -0.39 is 0 Å². The topological polar surface area (TPSA) is 0 Å². The van der Waals surface area contributed by atoms with Crippen molar-refractivity contribution in [3.8, 4) is 33.4 Å². The maximum atomic E-state index is 2.41. The van der Waals surface area contributed by atoms with E-state index in [0.717, 1.165) is 0 Å². The highest BCUT2D eigenvalue weighted by Gasteiger charge is 2.35. The predicted molar refractivity (Wildman–Crippen MR) is 176 cm³/mol. The minimum Gasteiger partial charge on any atom is -0.0619 e. The Morgan fingerprint density at radius 3 is 1.76 bits per heavy atom. The molecular weight excluding hydrogens is 492 g/mol. The first kappa shape index (κ1) is 22.8. The smallest absolute Gasteiger partial charge is 0.0159 e. The summed E-state index contributed by atoms with van der Waals surface area (Å²) in [6.45, 7) is 4.70. The van der Waals surface area contributed by atoms with Gasteiger partial charge in [-0.2, -0.15) is 0 Å². The second-order valence-electron chi connectivity index (χ2n) is 12.2. The van der Waals surface area contributed by atoms with E-state index in [1.54, 1.807) is 0 Å². The van der Waals surface area contributed by atoms with Crippen LogP contribution in [0.25, 0.3) is 76.5 Å². The highest BCUT2D eigenvalue weighted by molar-refractivity contribution is 6.25. The van der Waals surface area contributed by atoms with Crippen LogP contribution in [0, 0.1) is 0 Å². The average molecular weight is 521 g/mol. The van der Waals surface area contributed by atoms with Crippen LogP contribution < -0.4 is 0 Å². The van der Waals surface area contributed by atoms with Gasteiger partial charge >= 0.3 is 0 Å². The number of fused-ring (bicyclic) bond motifs is 4. The largest absolute Gasteiger partial charge is 0.0619 e. The first-order chi connectivity index (χ1) is 20.1. The van der Waals surface area contributed by atoms with Crippen LogP contribution in [0.15, 0.2) is 133 Å². The van der Waals surface area contributed by atoms with Gasteiger partial charge in [-0.15, -0.1) is 0 Å². The van der Waals surface area contributed by atoms with Crippen molar-refractivity contribution in [2.45, 2.75) is 19.3 Å².